The van der Waals surface area contributed by atoms with Gasteiger partial charge >= 0.3 is 0 Å². The smallest absolute Gasteiger partial charge is 0.217 e. The minimum Gasteiger partial charge on any atom is -0.390 e. The molecule has 0 unspecified atom stereocenters. The first-order chi connectivity index (χ1) is 5.49. The van der Waals surface area contributed by atoms with Crippen molar-refractivity contribution >= 4 is 5.91 Å². The van der Waals surface area contributed by atoms with Crippen LogP contribution in [0.2, 0.25) is 0 Å². The van der Waals surface area contributed by atoms with Gasteiger partial charge in [-0.2, -0.15) is 0 Å². The highest BCUT2D eigenvalue weighted by atomic mass is 16.3. The van der Waals surface area contributed by atoms with Crippen molar-refractivity contribution in [2.75, 3.05) is 0 Å². The van der Waals surface area contributed by atoms with E-state index in [0.29, 0.717) is 12.3 Å². The lowest BCUT2D eigenvalue weighted by Crippen LogP contribution is -2.31. The maximum Gasteiger partial charge on any atom is 0.217 e. The number of aliphatic hydroxyl groups is 1. The van der Waals surface area contributed by atoms with Crippen LogP contribution in [-0.4, -0.2) is 16.6 Å². The summed E-state index contributed by atoms with van der Waals surface area (Å²) in [5, 5.41) is 9.61. The van der Waals surface area contributed by atoms with E-state index in [-0.39, 0.29) is 5.91 Å². The zero-order valence-corrected chi connectivity index (χ0v) is 7.55. The molecule has 3 nitrogen and oxygen atoms in total. The van der Waals surface area contributed by atoms with Crippen LogP contribution in [0.1, 0.15) is 39.0 Å². The molecule has 1 aliphatic carbocycles. The Morgan fingerprint density at radius 3 is 2.50 bits per heavy atom. The Morgan fingerprint density at radius 2 is 2.08 bits per heavy atom. The topological polar surface area (TPSA) is 63.3 Å². The maximum atomic E-state index is 10.6. The number of carbonyl (C=O) groups is 1. The lowest BCUT2D eigenvalue weighted by atomic mass is 9.78. The molecule has 70 valence electrons. The Kier molecular flexibility index (Phi) is 2.73. The van der Waals surface area contributed by atoms with E-state index in [0.717, 1.165) is 25.7 Å². The number of hydrogen-bond acceptors (Lipinski definition) is 2. The van der Waals surface area contributed by atoms with Gasteiger partial charge in [-0.15, -0.1) is 0 Å². The van der Waals surface area contributed by atoms with Crippen LogP contribution in [-0.2, 0) is 4.79 Å². The molecule has 1 fully saturated rings. The molecule has 0 bridgehead atoms. The second kappa shape index (κ2) is 3.44. The van der Waals surface area contributed by atoms with Crippen molar-refractivity contribution < 1.29 is 9.90 Å². The largest absolute Gasteiger partial charge is 0.390 e. The molecule has 0 aromatic heterocycles. The summed E-state index contributed by atoms with van der Waals surface area (Å²) >= 11 is 0. The van der Waals surface area contributed by atoms with Gasteiger partial charge in [0.15, 0.2) is 0 Å². The molecule has 0 atom stereocenters. The zero-order chi connectivity index (χ0) is 9.19. The molecule has 1 rings (SSSR count). The van der Waals surface area contributed by atoms with Crippen molar-refractivity contribution in [2.45, 2.75) is 44.6 Å². The summed E-state index contributed by atoms with van der Waals surface area (Å²) in [6.07, 6.45) is 3.93. The molecule has 1 amide bonds. The Labute approximate surface area is 72.9 Å². The molecular formula is C9H17NO2. The van der Waals surface area contributed by atoms with Crippen molar-refractivity contribution in [3.63, 3.8) is 0 Å². The third kappa shape index (κ3) is 2.81. The molecule has 3 heteroatoms. The van der Waals surface area contributed by atoms with Gasteiger partial charge < -0.3 is 10.8 Å². The fourth-order valence-corrected chi connectivity index (χ4v) is 1.79. The van der Waals surface area contributed by atoms with Gasteiger partial charge in [-0.3, -0.25) is 4.79 Å². The molecule has 0 aromatic carbocycles. The van der Waals surface area contributed by atoms with Crippen molar-refractivity contribution in [3.8, 4) is 0 Å². The average molecular weight is 171 g/mol. The Morgan fingerprint density at radius 1 is 1.58 bits per heavy atom. The predicted octanol–water partition coefficient (Wildman–Crippen LogP) is 0.803. The van der Waals surface area contributed by atoms with Gasteiger partial charge in [0.25, 0.3) is 0 Å². The number of rotatable bonds is 2. The van der Waals surface area contributed by atoms with E-state index < -0.39 is 5.60 Å². The molecule has 0 spiro atoms. The summed E-state index contributed by atoms with van der Waals surface area (Å²) in [6.45, 7) is 1.85. The minimum absolute atomic E-state index is 0.221. The summed E-state index contributed by atoms with van der Waals surface area (Å²) in [7, 11) is 0. The molecule has 0 saturated heterocycles. The first-order valence-corrected chi connectivity index (χ1v) is 4.50. The summed E-state index contributed by atoms with van der Waals surface area (Å²) in [5.74, 6) is 0.185. The van der Waals surface area contributed by atoms with Crippen LogP contribution >= 0.6 is 0 Å². The first-order valence-electron chi connectivity index (χ1n) is 4.50. The van der Waals surface area contributed by atoms with Gasteiger partial charge in [-0.05, 0) is 38.5 Å². The summed E-state index contributed by atoms with van der Waals surface area (Å²) in [5.41, 5.74) is 4.58. The quantitative estimate of drug-likeness (QED) is 0.645. The van der Waals surface area contributed by atoms with Crippen molar-refractivity contribution in [3.05, 3.63) is 0 Å². The Balaban J connectivity index is 2.31. The molecule has 0 aliphatic heterocycles. The summed E-state index contributed by atoms with van der Waals surface area (Å²) in [6, 6.07) is 0. The van der Waals surface area contributed by atoms with Crippen LogP contribution in [0.15, 0.2) is 0 Å². The molecule has 0 heterocycles. The van der Waals surface area contributed by atoms with Gasteiger partial charge in [0, 0.05) is 6.42 Å². The molecule has 1 saturated carbocycles. The van der Waals surface area contributed by atoms with Gasteiger partial charge in [0.05, 0.1) is 5.60 Å². The molecule has 12 heavy (non-hydrogen) atoms. The molecule has 3 N–H and O–H groups in total. The Bertz CT molecular complexity index is 167. The fourth-order valence-electron chi connectivity index (χ4n) is 1.79. The predicted molar refractivity (Wildman–Crippen MR) is 46.4 cm³/mol. The standard InChI is InChI=1S/C9H17NO2/c1-9(12)4-2-7(3-5-9)6-8(10)11/h7,12H,2-6H2,1H3,(H2,10,11). The second-order valence-electron chi connectivity index (χ2n) is 4.11. The van der Waals surface area contributed by atoms with E-state index >= 15 is 0 Å². The number of nitrogens with two attached hydrogens (primary N) is 1. The minimum atomic E-state index is -0.506. The van der Waals surface area contributed by atoms with E-state index in [1.165, 1.54) is 0 Å². The number of carbonyl (C=O) groups excluding carboxylic acids is 1. The highest BCUT2D eigenvalue weighted by Crippen LogP contribution is 2.32. The van der Waals surface area contributed by atoms with Crippen molar-refractivity contribution in [1.82, 2.24) is 0 Å². The fraction of sp³-hybridized carbons (Fsp3) is 0.889. The highest BCUT2D eigenvalue weighted by Gasteiger charge is 2.28. The first kappa shape index (κ1) is 9.52. The van der Waals surface area contributed by atoms with E-state index in [1.54, 1.807) is 0 Å². The van der Waals surface area contributed by atoms with Gasteiger partial charge in [0.1, 0.15) is 0 Å². The summed E-state index contributed by atoms with van der Waals surface area (Å²) < 4.78 is 0. The monoisotopic (exact) mass is 171 g/mol. The van der Waals surface area contributed by atoms with E-state index in [1.807, 2.05) is 6.92 Å². The molecule has 1 aliphatic rings. The van der Waals surface area contributed by atoms with Crippen LogP contribution in [0.25, 0.3) is 0 Å². The number of hydrogen-bond donors (Lipinski definition) is 2. The van der Waals surface area contributed by atoms with Crippen molar-refractivity contribution in [2.24, 2.45) is 11.7 Å². The SMILES string of the molecule is CC1(O)CCC(CC(N)=O)CC1. The third-order valence-corrected chi connectivity index (χ3v) is 2.67. The van der Waals surface area contributed by atoms with Crippen LogP contribution in [0.5, 0.6) is 0 Å². The Hall–Kier alpha value is -0.570. The van der Waals surface area contributed by atoms with Gasteiger partial charge in [-0.1, -0.05) is 0 Å². The second-order valence-corrected chi connectivity index (χ2v) is 4.11. The average Bonchev–Trinajstić information content (AvgIpc) is 1.93. The van der Waals surface area contributed by atoms with Crippen molar-refractivity contribution in [1.29, 1.82) is 0 Å². The molecular weight excluding hydrogens is 154 g/mol. The van der Waals surface area contributed by atoms with Crippen LogP contribution in [0.3, 0.4) is 0 Å². The zero-order valence-electron chi connectivity index (χ0n) is 7.55. The lowest BCUT2D eigenvalue weighted by Gasteiger charge is -2.32. The van der Waals surface area contributed by atoms with Crippen LogP contribution in [0.4, 0.5) is 0 Å². The molecule has 0 aromatic rings. The highest BCUT2D eigenvalue weighted by molar-refractivity contribution is 5.73. The van der Waals surface area contributed by atoms with Crippen LogP contribution in [0, 0.1) is 5.92 Å². The summed E-state index contributed by atoms with van der Waals surface area (Å²) in [4.78, 5) is 10.6. The van der Waals surface area contributed by atoms with Crippen LogP contribution < -0.4 is 5.73 Å². The van der Waals surface area contributed by atoms with Gasteiger partial charge in [-0.25, -0.2) is 0 Å². The van der Waals surface area contributed by atoms with E-state index in [2.05, 4.69) is 0 Å². The lowest BCUT2D eigenvalue weighted by molar-refractivity contribution is -0.119. The number of amides is 1. The normalized spacial score (nSPS) is 36.3. The molecule has 0 radical (unpaired) electrons. The maximum absolute atomic E-state index is 10.6. The van der Waals surface area contributed by atoms with Gasteiger partial charge in [0.2, 0.25) is 5.91 Å². The van der Waals surface area contributed by atoms with E-state index in [9.17, 15) is 9.90 Å². The third-order valence-electron chi connectivity index (χ3n) is 2.67. The number of primary amides is 1. The van der Waals surface area contributed by atoms with E-state index in [4.69, 9.17) is 5.73 Å².